The normalized spacial score (nSPS) is 41.4. The molecule has 3 saturated carbocycles. The van der Waals surface area contributed by atoms with Crippen molar-refractivity contribution in [2.45, 2.75) is 71.4 Å². The van der Waals surface area contributed by atoms with E-state index in [-0.39, 0.29) is 34.6 Å². The number of hydrogen-bond donors (Lipinski definition) is 1. The number of carbonyl (C=O) groups is 2. The minimum Gasteiger partial charge on any atom is -0.349 e. The maximum atomic E-state index is 13.5. The van der Waals surface area contributed by atoms with E-state index in [2.05, 4.69) is 44.3 Å². The zero-order chi connectivity index (χ0) is 22.7. The van der Waals surface area contributed by atoms with Crippen molar-refractivity contribution in [2.24, 2.45) is 34.5 Å². The summed E-state index contributed by atoms with van der Waals surface area (Å²) in [5, 5.41) is 3.34. The molecular formula is C28H38N2O2. The van der Waals surface area contributed by atoms with Crippen LogP contribution in [0.15, 0.2) is 42.5 Å². The molecule has 1 N–H and O–H groups in total. The molecule has 1 aromatic rings. The zero-order valence-corrected chi connectivity index (χ0v) is 20.0. The van der Waals surface area contributed by atoms with E-state index >= 15 is 0 Å². The lowest BCUT2D eigenvalue weighted by Crippen LogP contribution is -2.59. The molecule has 2 amide bonds. The number of benzene rings is 1. The Morgan fingerprint density at radius 3 is 2.56 bits per heavy atom. The van der Waals surface area contributed by atoms with E-state index in [0.29, 0.717) is 23.8 Å². The minimum absolute atomic E-state index is 0.0393. The van der Waals surface area contributed by atoms with Crippen molar-refractivity contribution in [3.8, 4) is 0 Å². The van der Waals surface area contributed by atoms with Gasteiger partial charge in [0.25, 0.3) is 0 Å². The van der Waals surface area contributed by atoms with E-state index < -0.39 is 0 Å². The summed E-state index contributed by atoms with van der Waals surface area (Å²) < 4.78 is 0. The molecule has 0 bridgehead atoms. The highest BCUT2D eigenvalue weighted by molar-refractivity contribution is 5.89. The summed E-state index contributed by atoms with van der Waals surface area (Å²) >= 11 is 0. The van der Waals surface area contributed by atoms with Crippen LogP contribution in [-0.4, -0.2) is 29.8 Å². The number of nitrogens with one attached hydrogen (secondary N) is 1. The maximum absolute atomic E-state index is 13.5. The second kappa shape index (κ2) is 7.74. The predicted octanol–water partition coefficient (Wildman–Crippen LogP) is 5.12. The molecule has 1 aliphatic heterocycles. The Hall–Kier alpha value is -2.10. The van der Waals surface area contributed by atoms with Crippen LogP contribution in [0, 0.1) is 34.5 Å². The van der Waals surface area contributed by atoms with Crippen LogP contribution in [0.4, 0.5) is 0 Å². The Bertz CT molecular complexity index is 927. The average Bonchev–Trinajstić information content (AvgIpc) is 3.14. The number of nitrogens with zero attached hydrogens (tertiary/aromatic N) is 1. The quantitative estimate of drug-likeness (QED) is 0.718. The van der Waals surface area contributed by atoms with Gasteiger partial charge in [-0.05, 0) is 80.3 Å². The SMILES string of the molecule is CC(NC(=O)C1CC[C@H]2[C@@H]3CCC4N(C)C(=O)C=C[C@]4(C)[C@@H]3CC[C@]12C)c1ccccc1. The first-order valence-electron chi connectivity index (χ1n) is 12.6. The van der Waals surface area contributed by atoms with Crippen molar-refractivity contribution < 1.29 is 9.59 Å². The van der Waals surface area contributed by atoms with Gasteiger partial charge < -0.3 is 10.2 Å². The standard InChI is InChI=1S/C28H38N2O2/c1-18(19-8-6-5-7-9-19)29-26(32)23-12-11-21-20-10-13-24-28(3,17-15-25(31)30(24)4)22(20)14-16-27(21,23)2/h5-9,15,17-18,20-24H,10-14,16H2,1-4H3,(H,29,32)/t18?,20-,21-,22+,23?,24?,27-,28+/m0/s1. The molecule has 5 rings (SSSR count). The Balaban J connectivity index is 1.34. The second-order valence-corrected chi connectivity index (χ2v) is 11.4. The van der Waals surface area contributed by atoms with Crippen LogP contribution in [0.3, 0.4) is 0 Å². The summed E-state index contributed by atoms with van der Waals surface area (Å²) in [7, 11) is 1.98. The van der Waals surface area contributed by atoms with Crippen molar-refractivity contribution in [3.05, 3.63) is 48.0 Å². The number of likely N-dealkylation sites (N-methyl/N-ethyl adjacent to an activating group) is 1. The lowest BCUT2D eigenvalue weighted by Gasteiger charge is -2.60. The highest BCUT2D eigenvalue weighted by Gasteiger charge is 2.61. The second-order valence-electron chi connectivity index (χ2n) is 11.4. The molecule has 3 unspecified atom stereocenters. The van der Waals surface area contributed by atoms with Crippen LogP contribution in [0.5, 0.6) is 0 Å². The molecule has 1 aromatic carbocycles. The molecule has 8 atom stereocenters. The molecule has 3 fully saturated rings. The largest absolute Gasteiger partial charge is 0.349 e. The fraction of sp³-hybridized carbons (Fsp3) is 0.643. The van der Waals surface area contributed by atoms with E-state index in [1.807, 2.05) is 36.2 Å². The highest BCUT2D eigenvalue weighted by atomic mass is 16.2. The van der Waals surface area contributed by atoms with Gasteiger partial charge in [0, 0.05) is 24.4 Å². The van der Waals surface area contributed by atoms with Gasteiger partial charge in [-0.1, -0.05) is 50.3 Å². The summed E-state index contributed by atoms with van der Waals surface area (Å²) in [6, 6.07) is 10.6. The predicted molar refractivity (Wildman–Crippen MR) is 127 cm³/mol. The van der Waals surface area contributed by atoms with Crippen LogP contribution in [-0.2, 0) is 9.59 Å². The van der Waals surface area contributed by atoms with Gasteiger partial charge in [0.15, 0.2) is 0 Å². The maximum Gasteiger partial charge on any atom is 0.246 e. The molecular weight excluding hydrogens is 396 g/mol. The van der Waals surface area contributed by atoms with Crippen LogP contribution in [0.2, 0.25) is 0 Å². The Morgan fingerprint density at radius 1 is 1.06 bits per heavy atom. The first-order chi connectivity index (χ1) is 15.3. The van der Waals surface area contributed by atoms with E-state index in [9.17, 15) is 9.59 Å². The molecule has 3 aliphatic carbocycles. The first-order valence-corrected chi connectivity index (χ1v) is 12.6. The van der Waals surface area contributed by atoms with Crippen molar-refractivity contribution in [3.63, 3.8) is 0 Å². The number of fused-ring (bicyclic) bond motifs is 5. The van der Waals surface area contributed by atoms with Gasteiger partial charge in [0.1, 0.15) is 0 Å². The van der Waals surface area contributed by atoms with Crippen LogP contribution in [0.25, 0.3) is 0 Å². The summed E-state index contributed by atoms with van der Waals surface area (Å²) in [6.45, 7) is 6.88. The smallest absolute Gasteiger partial charge is 0.246 e. The zero-order valence-electron chi connectivity index (χ0n) is 20.0. The molecule has 0 saturated heterocycles. The highest BCUT2D eigenvalue weighted by Crippen LogP contribution is 2.65. The lowest BCUT2D eigenvalue weighted by molar-refractivity contribution is -0.142. The molecule has 0 spiro atoms. The van der Waals surface area contributed by atoms with Gasteiger partial charge in [0.2, 0.25) is 11.8 Å². The number of rotatable bonds is 3. The van der Waals surface area contributed by atoms with Gasteiger partial charge in [-0.25, -0.2) is 0 Å². The number of carbonyl (C=O) groups excluding carboxylic acids is 2. The number of amides is 2. The molecule has 0 radical (unpaired) electrons. The van der Waals surface area contributed by atoms with E-state index in [0.717, 1.165) is 32.1 Å². The third-order valence-corrected chi connectivity index (χ3v) is 10.1. The molecule has 0 aromatic heterocycles. The summed E-state index contributed by atoms with van der Waals surface area (Å²) in [6.07, 6.45) is 10.8. The van der Waals surface area contributed by atoms with E-state index in [1.165, 1.54) is 12.0 Å². The molecule has 172 valence electrons. The number of hydrogen-bond acceptors (Lipinski definition) is 2. The lowest BCUT2D eigenvalue weighted by atomic mass is 9.47. The van der Waals surface area contributed by atoms with Crippen molar-refractivity contribution in [2.75, 3.05) is 7.05 Å². The van der Waals surface area contributed by atoms with Crippen molar-refractivity contribution in [1.82, 2.24) is 10.2 Å². The summed E-state index contributed by atoms with van der Waals surface area (Å²) in [5.74, 6) is 2.38. The molecule has 1 heterocycles. The van der Waals surface area contributed by atoms with Gasteiger partial charge >= 0.3 is 0 Å². The third kappa shape index (κ3) is 3.16. The van der Waals surface area contributed by atoms with Gasteiger partial charge in [-0.2, -0.15) is 0 Å². The van der Waals surface area contributed by atoms with Crippen LogP contribution in [0.1, 0.15) is 70.9 Å². The monoisotopic (exact) mass is 434 g/mol. The summed E-state index contributed by atoms with van der Waals surface area (Å²) in [4.78, 5) is 27.7. The van der Waals surface area contributed by atoms with E-state index in [4.69, 9.17) is 0 Å². The molecule has 4 aliphatic rings. The average molecular weight is 435 g/mol. The van der Waals surface area contributed by atoms with Gasteiger partial charge in [0.05, 0.1) is 6.04 Å². The van der Waals surface area contributed by atoms with E-state index in [1.54, 1.807) is 0 Å². The summed E-state index contributed by atoms with van der Waals surface area (Å²) in [5.41, 5.74) is 1.32. The fourth-order valence-electron chi connectivity index (χ4n) is 8.31. The van der Waals surface area contributed by atoms with Gasteiger partial charge in [-0.15, -0.1) is 0 Å². The van der Waals surface area contributed by atoms with Crippen molar-refractivity contribution in [1.29, 1.82) is 0 Å². The molecule has 4 heteroatoms. The first kappa shape index (κ1) is 21.7. The van der Waals surface area contributed by atoms with Crippen LogP contribution < -0.4 is 5.32 Å². The van der Waals surface area contributed by atoms with Crippen molar-refractivity contribution >= 4 is 11.8 Å². The minimum atomic E-state index is 0.0393. The Kier molecular flexibility index (Phi) is 5.26. The fourth-order valence-corrected chi connectivity index (χ4v) is 8.31. The molecule has 4 nitrogen and oxygen atoms in total. The van der Waals surface area contributed by atoms with Gasteiger partial charge in [-0.3, -0.25) is 9.59 Å². The topological polar surface area (TPSA) is 49.4 Å². The van der Waals surface area contributed by atoms with Crippen LogP contribution >= 0.6 is 0 Å². The molecule has 32 heavy (non-hydrogen) atoms. The Morgan fingerprint density at radius 2 is 1.81 bits per heavy atom. The third-order valence-electron chi connectivity index (χ3n) is 10.1. The Labute approximate surface area is 192 Å².